The van der Waals surface area contributed by atoms with Crippen LogP contribution < -0.4 is 4.90 Å². The van der Waals surface area contributed by atoms with Crippen molar-refractivity contribution in [1.29, 1.82) is 0 Å². The third kappa shape index (κ3) is 3.14. The molecule has 1 rings (SSSR count). The summed E-state index contributed by atoms with van der Waals surface area (Å²) in [6.45, 7) is 1.57. The number of hydrogen-bond donors (Lipinski definition) is 3. The quantitative estimate of drug-likeness (QED) is 0.557. The van der Waals surface area contributed by atoms with Gasteiger partial charge in [-0.15, -0.1) is 0 Å². The fraction of sp³-hybridized carbons (Fsp3) is 0.400. The molecule has 0 aliphatic heterocycles. The zero-order chi connectivity index (χ0) is 9.52. The van der Waals surface area contributed by atoms with E-state index in [1.807, 2.05) is 30.3 Å². The lowest BCUT2D eigenvalue weighted by Crippen LogP contribution is -3.08. The Kier molecular flexibility index (Phi) is 4.46. The summed E-state index contributed by atoms with van der Waals surface area (Å²) < 4.78 is 0. The lowest BCUT2D eigenvalue weighted by atomic mass is 10.3. The summed E-state index contributed by atoms with van der Waals surface area (Å²) in [7, 11) is 0. The van der Waals surface area contributed by atoms with Gasteiger partial charge in [-0.25, -0.2) is 0 Å². The highest BCUT2D eigenvalue weighted by Gasteiger charge is 2.08. The van der Waals surface area contributed by atoms with E-state index in [0.29, 0.717) is 13.1 Å². The van der Waals surface area contributed by atoms with Crippen LogP contribution in [0.1, 0.15) is 0 Å². The van der Waals surface area contributed by atoms with Gasteiger partial charge in [-0.3, -0.25) is 4.90 Å². The molecule has 72 valence electrons. The van der Waals surface area contributed by atoms with Crippen LogP contribution in [0.5, 0.6) is 0 Å². The first-order valence-corrected chi connectivity index (χ1v) is 4.50. The average molecular weight is 182 g/mol. The van der Waals surface area contributed by atoms with E-state index in [9.17, 15) is 0 Å². The van der Waals surface area contributed by atoms with Crippen LogP contribution in [0, 0.1) is 0 Å². The molecule has 3 heteroatoms. The van der Waals surface area contributed by atoms with Crippen molar-refractivity contribution in [2.24, 2.45) is 0 Å². The topological polar surface area (TPSA) is 44.9 Å². The molecule has 3 N–H and O–H groups in total. The maximum Gasteiger partial charge on any atom is 0.131 e. The molecule has 3 nitrogen and oxygen atoms in total. The summed E-state index contributed by atoms with van der Waals surface area (Å²) in [5, 5.41) is 17.6. The highest BCUT2D eigenvalue weighted by atomic mass is 16.3. The lowest BCUT2D eigenvalue weighted by Gasteiger charge is -2.16. The third-order valence-electron chi connectivity index (χ3n) is 2.01. The van der Waals surface area contributed by atoms with E-state index in [1.54, 1.807) is 0 Å². The number of benzene rings is 1. The predicted octanol–water partition coefficient (Wildman–Crippen LogP) is -0.812. The molecule has 13 heavy (non-hydrogen) atoms. The van der Waals surface area contributed by atoms with Crippen LogP contribution in [-0.4, -0.2) is 36.5 Å². The van der Waals surface area contributed by atoms with Crippen molar-refractivity contribution >= 4 is 5.69 Å². The molecular weight excluding hydrogens is 166 g/mol. The monoisotopic (exact) mass is 182 g/mol. The highest BCUT2D eigenvalue weighted by Crippen LogP contribution is 1.97. The van der Waals surface area contributed by atoms with Gasteiger partial charge in [0.05, 0.1) is 13.2 Å². The number of nitrogens with one attached hydrogen (secondary N) is 1. The van der Waals surface area contributed by atoms with Gasteiger partial charge in [-0.05, 0) is 12.1 Å². The van der Waals surface area contributed by atoms with Crippen molar-refractivity contribution in [3.63, 3.8) is 0 Å². The fourth-order valence-electron chi connectivity index (χ4n) is 1.36. The number of aliphatic hydroxyl groups excluding tert-OH is 2. The predicted molar refractivity (Wildman–Crippen MR) is 51.0 cm³/mol. The Hall–Kier alpha value is -0.900. The van der Waals surface area contributed by atoms with E-state index in [2.05, 4.69) is 0 Å². The van der Waals surface area contributed by atoms with Gasteiger partial charge >= 0.3 is 0 Å². The van der Waals surface area contributed by atoms with Crippen LogP contribution >= 0.6 is 0 Å². The molecule has 0 saturated carbocycles. The third-order valence-corrected chi connectivity index (χ3v) is 2.01. The Balaban J connectivity index is 2.64. The van der Waals surface area contributed by atoms with E-state index < -0.39 is 0 Å². The van der Waals surface area contributed by atoms with E-state index in [0.717, 1.165) is 10.6 Å². The van der Waals surface area contributed by atoms with Gasteiger partial charge in [0.1, 0.15) is 18.8 Å². The van der Waals surface area contributed by atoms with Crippen LogP contribution in [-0.2, 0) is 0 Å². The fourth-order valence-corrected chi connectivity index (χ4v) is 1.36. The van der Waals surface area contributed by atoms with E-state index >= 15 is 0 Å². The van der Waals surface area contributed by atoms with E-state index in [-0.39, 0.29) is 13.2 Å². The Bertz CT molecular complexity index is 220. The molecule has 0 heterocycles. The van der Waals surface area contributed by atoms with Crippen molar-refractivity contribution in [2.45, 2.75) is 0 Å². The molecule has 0 unspecified atom stereocenters. The first-order chi connectivity index (χ1) is 6.38. The van der Waals surface area contributed by atoms with Crippen LogP contribution in [0.4, 0.5) is 5.69 Å². The van der Waals surface area contributed by atoms with Crippen molar-refractivity contribution in [1.82, 2.24) is 0 Å². The smallest absolute Gasteiger partial charge is 0.131 e. The molecule has 0 spiro atoms. The Morgan fingerprint density at radius 1 is 0.923 bits per heavy atom. The van der Waals surface area contributed by atoms with Gasteiger partial charge in [-0.2, -0.15) is 0 Å². The van der Waals surface area contributed by atoms with Crippen molar-refractivity contribution in [3.05, 3.63) is 30.3 Å². The molecule has 0 fully saturated rings. The largest absolute Gasteiger partial charge is 0.391 e. The highest BCUT2D eigenvalue weighted by molar-refractivity contribution is 5.27. The van der Waals surface area contributed by atoms with Crippen LogP contribution in [0.15, 0.2) is 30.3 Å². The summed E-state index contributed by atoms with van der Waals surface area (Å²) in [5.41, 5.74) is 1.12. The first-order valence-electron chi connectivity index (χ1n) is 4.50. The maximum atomic E-state index is 8.82. The summed E-state index contributed by atoms with van der Waals surface area (Å²) in [6.07, 6.45) is 0. The van der Waals surface area contributed by atoms with Gasteiger partial charge in [0.2, 0.25) is 0 Å². The van der Waals surface area contributed by atoms with Gasteiger partial charge in [0, 0.05) is 0 Å². The van der Waals surface area contributed by atoms with Crippen LogP contribution in [0.2, 0.25) is 0 Å². The molecule has 0 aliphatic carbocycles. The van der Waals surface area contributed by atoms with Gasteiger partial charge in [-0.1, -0.05) is 18.2 Å². The zero-order valence-corrected chi connectivity index (χ0v) is 7.61. The molecular formula is C10H16NO2+. The maximum absolute atomic E-state index is 8.82. The van der Waals surface area contributed by atoms with E-state index in [4.69, 9.17) is 10.2 Å². The second kappa shape index (κ2) is 5.70. The lowest BCUT2D eigenvalue weighted by molar-refractivity contribution is -0.833. The number of quaternary nitrogens is 1. The molecule has 1 aromatic carbocycles. The molecule has 0 radical (unpaired) electrons. The normalized spacial score (nSPS) is 10.7. The molecule has 0 saturated heterocycles. The van der Waals surface area contributed by atoms with E-state index in [1.165, 1.54) is 0 Å². The summed E-state index contributed by atoms with van der Waals surface area (Å²) >= 11 is 0. The molecule has 0 aromatic heterocycles. The number of para-hydroxylation sites is 1. The molecule has 0 aliphatic rings. The van der Waals surface area contributed by atoms with Gasteiger partial charge in [0.25, 0.3) is 0 Å². The molecule has 0 amide bonds. The summed E-state index contributed by atoms with van der Waals surface area (Å²) in [6, 6.07) is 9.88. The van der Waals surface area contributed by atoms with Crippen LogP contribution in [0.25, 0.3) is 0 Å². The summed E-state index contributed by atoms with van der Waals surface area (Å²) in [5.74, 6) is 0. The van der Waals surface area contributed by atoms with Crippen molar-refractivity contribution < 1.29 is 15.1 Å². The average Bonchev–Trinajstić information content (AvgIpc) is 2.19. The molecule has 0 atom stereocenters. The Labute approximate surface area is 78.2 Å². The number of aliphatic hydroxyl groups is 2. The number of hydrogen-bond acceptors (Lipinski definition) is 2. The van der Waals surface area contributed by atoms with Crippen molar-refractivity contribution in [3.8, 4) is 0 Å². The number of rotatable bonds is 5. The minimum absolute atomic E-state index is 0.143. The molecule has 0 bridgehead atoms. The van der Waals surface area contributed by atoms with Gasteiger partial charge < -0.3 is 10.2 Å². The Morgan fingerprint density at radius 3 is 1.92 bits per heavy atom. The minimum Gasteiger partial charge on any atom is -0.391 e. The van der Waals surface area contributed by atoms with Gasteiger partial charge in [0.15, 0.2) is 0 Å². The SMILES string of the molecule is OCC[NH+](CCO)c1ccccc1. The first kappa shape index (κ1) is 10.2. The zero-order valence-electron chi connectivity index (χ0n) is 7.61. The standard InChI is InChI=1S/C10H15NO2/c12-8-6-11(7-9-13)10-4-2-1-3-5-10/h1-5,12-13H,6-9H2/p+1. The second-order valence-electron chi connectivity index (χ2n) is 2.92. The van der Waals surface area contributed by atoms with Crippen LogP contribution in [0.3, 0.4) is 0 Å². The summed E-state index contributed by atoms with van der Waals surface area (Å²) in [4.78, 5) is 1.12. The molecule has 1 aromatic rings. The second-order valence-corrected chi connectivity index (χ2v) is 2.92. The minimum atomic E-state index is 0.143. The Morgan fingerprint density at radius 2 is 1.46 bits per heavy atom. The van der Waals surface area contributed by atoms with Crippen molar-refractivity contribution in [2.75, 3.05) is 26.3 Å².